The topological polar surface area (TPSA) is 38.3 Å². The van der Waals surface area contributed by atoms with Crippen LogP contribution in [0.5, 0.6) is 0 Å². The first-order valence-corrected chi connectivity index (χ1v) is 6.06. The molecular weight excluding hydrogens is 190 g/mol. The highest BCUT2D eigenvalue weighted by molar-refractivity contribution is 5.75. The largest absolute Gasteiger partial charge is 0.378 e. The Hall–Kier alpha value is -0.570. The number of hydrogen-bond donors (Lipinski definition) is 1. The molecule has 1 unspecified atom stereocenters. The Morgan fingerprint density at radius 3 is 2.53 bits per heavy atom. The molecule has 15 heavy (non-hydrogen) atoms. The number of carbonyl (C=O) groups excluding carboxylic acids is 1. The summed E-state index contributed by atoms with van der Waals surface area (Å²) in [5.74, 6) is 0.0652. The number of unbranched alkanes of at least 4 members (excludes halogenated alkanes) is 3. The average Bonchev–Trinajstić information content (AvgIpc) is 2.26. The quantitative estimate of drug-likeness (QED) is 0.600. The van der Waals surface area contributed by atoms with Gasteiger partial charge in [0.25, 0.3) is 0 Å². The third-order valence-corrected chi connectivity index (χ3v) is 2.50. The van der Waals surface area contributed by atoms with Crippen LogP contribution in [0, 0.1) is 0 Å². The lowest BCUT2D eigenvalue weighted by Crippen LogP contribution is -2.25. The molecule has 0 heterocycles. The molecule has 1 amide bonds. The first kappa shape index (κ1) is 14.4. The Labute approximate surface area is 93.6 Å². The van der Waals surface area contributed by atoms with Gasteiger partial charge in [-0.05, 0) is 12.8 Å². The van der Waals surface area contributed by atoms with Crippen LogP contribution >= 0.6 is 0 Å². The van der Waals surface area contributed by atoms with Gasteiger partial charge in [-0.1, -0.05) is 33.1 Å². The summed E-state index contributed by atoms with van der Waals surface area (Å²) in [4.78, 5) is 11.1. The highest BCUT2D eigenvalue weighted by Gasteiger charge is 2.10. The SMILES string of the molecule is CCCCCCOC(CC)CC(=O)NC. The van der Waals surface area contributed by atoms with Crippen molar-refractivity contribution in [3.8, 4) is 0 Å². The van der Waals surface area contributed by atoms with Gasteiger partial charge in [-0.25, -0.2) is 0 Å². The molecule has 0 saturated carbocycles. The number of amides is 1. The number of rotatable bonds is 9. The van der Waals surface area contributed by atoms with Crippen LogP contribution in [0.3, 0.4) is 0 Å². The summed E-state index contributed by atoms with van der Waals surface area (Å²) < 4.78 is 5.65. The number of carbonyl (C=O) groups is 1. The predicted octanol–water partition coefficient (Wildman–Crippen LogP) is 2.50. The molecule has 3 nitrogen and oxygen atoms in total. The lowest BCUT2D eigenvalue weighted by Gasteiger charge is -2.14. The molecule has 0 aliphatic heterocycles. The normalized spacial score (nSPS) is 12.5. The van der Waals surface area contributed by atoms with Gasteiger partial charge in [0.15, 0.2) is 0 Å². The standard InChI is InChI=1S/C12H25NO2/c1-4-6-7-8-9-15-11(5-2)10-12(14)13-3/h11H,4-10H2,1-3H3,(H,13,14). The van der Waals surface area contributed by atoms with Gasteiger partial charge < -0.3 is 10.1 Å². The zero-order valence-corrected chi connectivity index (χ0v) is 10.3. The molecule has 3 heteroatoms. The van der Waals surface area contributed by atoms with Crippen molar-refractivity contribution in [1.29, 1.82) is 0 Å². The van der Waals surface area contributed by atoms with Gasteiger partial charge in [0, 0.05) is 13.7 Å². The van der Waals surface area contributed by atoms with E-state index >= 15 is 0 Å². The van der Waals surface area contributed by atoms with Crippen LogP contribution in [0.15, 0.2) is 0 Å². The van der Waals surface area contributed by atoms with E-state index in [4.69, 9.17) is 4.74 Å². The van der Waals surface area contributed by atoms with Gasteiger partial charge in [0.2, 0.25) is 5.91 Å². The van der Waals surface area contributed by atoms with E-state index in [0.717, 1.165) is 19.4 Å². The minimum atomic E-state index is 0.0652. The molecule has 90 valence electrons. The van der Waals surface area contributed by atoms with E-state index in [-0.39, 0.29) is 12.0 Å². The molecule has 0 spiro atoms. The molecule has 0 aliphatic rings. The fourth-order valence-electron chi connectivity index (χ4n) is 1.41. The third kappa shape index (κ3) is 8.43. The van der Waals surface area contributed by atoms with Crippen molar-refractivity contribution in [1.82, 2.24) is 5.32 Å². The van der Waals surface area contributed by atoms with E-state index < -0.39 is 0 Å². The maximum absolute atomic E-state index is 11.1. The van der Waals surface area contributed by atoms with Crippen molar-refractivity contribution in [2.24, 2.45) is 0 Å². The second-order valence-corrected chi connectivity index (χ2v) is 3.84. The van der Waals surface area contributed by atoms with Crippen LogP contribution in [0.25, 0.3) is 0 Å². The second-order valence-electron chi connectivity index (χ2n) is 3.84. The predicted molar refractivity (Wildman–Crippen MR) is 62.9 cm³/mol. The molecule has 1 N–H and O–H groups in total. The zero-order chi connectivity index (χ0) is 11.5. The molecule has 0 rings (SSSR count). The molecule has 0 fully saturated rings. The summed E-state index contributed by atoms with van der Waals surface area (Å²) >= 11 is 0. The van der Waals surface area contributed by atoms with Gasteiger partial charge in [-0.15, -0.1) is 0 Å². The molecule has 1 atom stereocenters. The smallest absolute Gasteiger partial charge is 0.222 e. The third-order valence-electron chi connectivity index (χ3n) is 2.50. The molecule has 0 saturated heterocycles. The Balaban J connectivity index is 3.48. The van der Waals surface area contributed by atoms with Gasteiger partial charge >= 0.3 is 0 Å². The minimum Gasteiger partial charge on any atom is -0.378 e. The molecule has 0 radical (unpaired) electrons. The van der Waals surface area contributed by atoms with Crippen LogP contribution in [0.4, 0.5) is 0 Å². The Bertz CT molecular complexity index is 160. The summed E-state index contributed by atoms with van der Waals surface area (Å²) in [6.07, 6.45) is 6.34. The lowest BCUT2D eigenvalue weighted by molar-refractivity contribution is -0.123. The van der Waals surface area contributed by atoms with E-state index in [1.54, 1.807) is 7.05 Å². The maximum atomic E-state index is 11.1. The van der Waals surface area contributed by atoms with Gasteiger partial charge in [0.05, 0.1) is 12.5 Å². The number of hydrogen-bond acceptors (Lipinski definition) is 2. The van der Waals surface area contributed by atoms with E-state index in [0.29, 0.717) is 6.42 Å². The molecular formula is C12H25NO2. The minimum absolute atomic E-state index is 0.0652. The van der Waals surface area contributed by atoms with Crippen molar-refractivity contribution < 1.29 is 9.53 Å². The van der Waals surface area contributed by atoms with Gasteiger partial charge in [-0.3, -0.25) is 4.79 Å². The highest BCUT2D eigenvalue weighted by Crippen LogP contribution is 2.06. The average molecular weight is 215 g/mol. The van der Waals surface area contributed by atoms with Crippen LogP contribution < -0.4 is 5.32 Å². The molecule has 0 aromatic carbocycles. The molecule has 0 aromatic rings. The summed E-state index contributed by atoms with van der Waals surface area (Å²) in [5.41, 5.74) is 0. The van der Waals surface area contributed by atoms with Crippen molar-refractivity contribution in [3.63, 3.8) is 0 Å². The number of nitrogens with one attached hydrogen (secondary N) is 1. The van der Waals surface area contributed by atoms with Crippen LogP contribution in [-0.4, -0.2) is 25.7 Å². The van der Waals surface area contributed by atoms with E-state index in [1.807, 2.05) is 0 Å². The van der Waals surface area contributed by atoms with E-state index in [1.165, 1.54) is 19.3 Å². The summed E-state index contributed by atoms with van der Waals surface area (Å²) in [6, 6.07) is 0. The van der Waals surface area contributed by atoms with Gasteiger partial charge in [-0.2, -0.15) is 0 Å². The van der Waals surface area contributed by atoms with Crippen molar-refractivity contribution in [2.45, 2.75) is 58.5 Å². The summed E-state index contributed by atoms with van der Waals surface area (Å²) in [5, 5.41) is 2.62. The Morgan fingerprint density at radius 1 is 1.27 bits per heavy atom. The molecule has 0 aliphatic carbocycles. The second kappa shape index (κ2) is 9.97. The summed E-state index contributed by atoms with van der Waals surface area (Å²) in [7, 11) is 1.66. The van der Waals surface area contributed by atoms with E-state index in [2.05, 4.69) is 19.2 Å². The van der Waals surface area contributed by atoms with Crippen LogP contribution in [0.2, 0.25) is 0 Å². The van der Waals surface area contributed by atoms with Crippen LogP contribution in [0.1, 0.15) is 52.4 Å². The maximum Gasteiger partial charge on any atom is 0.222 e. The van der Waals surface area contributed by atoms with Crippen molar-refractivity contribution >= 4 is 5.91 Å². The Kier molecular flexibility index (Phi) is 9.59. The van der Waals surface area contributed by atoms with Gasteiger partial charge in [0.1, 0.15) is 0 Å². The van der Waals surface area contributed by atoms with E-state index in [9.17, 15) is 4.79 Å². The first-order chi connectivity index (χ1) is 7.24. The van der Waals surface area contributed by atoms with Crippen molar-refractivity contribution in [2.75, 3.05) is 13.7 Å². The fraction of sp³-hybridized carbons (Fsp3) is 0.917. The molecule has 0 bridgehead atoms. The molecule has 0 aromatic heterocycles. The summed E-state index contributed by atoms with van der Waals surface area (Å²) in [6.45, 7) is 5.04. The fourth-order valence-corrected chi connectivity index (χ4v) is 1.41. The monoisotopic (exact) mass is 215 g/mol. The highest BCUT2D eigenvalue weighted by atomic mass is 16.5. The first-order valence-electron chi connectivity index (χ1n) is 6.06. The lowest BCUT2D eigenvalue weighted by atomic mass is 10.2. The van der Waals surface area contributed by atoms with Crippen LogP contribution in [-0.2, 0) is 9.53 Å². The Morgan fingerprint density at radius 2 is 2.00 bits per heavy atom. The zero-order valence-electron chi connectivity index (χ0n) is 10.3. The van der Waals surface area contributed by atoms with Crippen molar-refractivity contribution in [3.05, 3.63) is 0 Å². The number of ether oxygens (including phenoxy) is 1.